The first-order valence-electron chi connectivity index (χ1n) is 6.41. The van der Waals surface area contributed by atoms with Gasteiger partial charge in [0.1, 0.15) is 0 Å². The summed E-state index contributed by atoms with van der Waals surface area (Å²) in [5, 5.41) is 7.08. The maximum Gasteiger partial charge on any atom is 0.0457 e. The van der Waals surface area contributed by atoms with Crippen molar-refractivity contribution in [2.45, 2.75) is 25.2 Å². The van der Waals surface area contributed by atoms with Crippen molar-refractivity contribution >= 4 is 6.21 Å². The lowest BCUT2D eigenvalue weighted by molar-refractivity contribution is 1.13. The topological polar surface area (TPSA) is 36.7 Å². The molecule has 2 nitrogen and oxygen atoms in total. The molecule has 0 bridgehead atoms. The first-order valence-corrected chi connectivity index (χ1v) is 6.41. The molecule has 0 saturated heterocycles. The van der Waals surface area contributed by atoms with Crippen LogP contribution in [0, 0.1) is 5.41 Å². The second kappa shape index (κ2) is 4.73. The Balaban J connectivity index is 1.88. The highest BCUT2D eigenvalue weighted by Crippen LogP contribution is 2.40. The summed E-state index contributed by atoms with van der Waals surface area (Å²) < 4.78 is 0. The van der Waals surface area contributed by atoms with Gasteiger partial charge in [-0.3, -0.25) is 4.98 Å². The van der Waals surface area contributed by atoms with Gasteiger partial charge in [0.25, 0.3) is 0 Å². The van der Waals surface area contributed by atoms with E-state index in [1.807, 2.05) is 12.3 Å². The Morgan fingerprint density at radius 2 is 2.06 bits per heavy atom. The van der Waals surface area contributed by atoms with E-state index >= 15 is 0 Å². The summed E-state index contributed by atoms with van der Waals surface area (Å²) >= 11 is 0. The van der Waals surface area contributed by atoms with Crippen LogP contribution in [0.3, 0.4) is 0 Å². The molecule has 1 aliphatic rings. The molecule has 1 aromatic carbocycles. The SMILES string of the molecule is N=CCc1ccc(-c2cccc(C3CC3)c2)cn1. The second-order valence-corrected chi connectivity index (χ2v) is 4.85. The number of benzene rings is 1. The van der Waals surface area contributed by atoms with Crippen molar-refractivity contribution in [3.05, 3.63) is 53.9 Å². The second-order valence-electron chi connectivity index (χ2n) is 4.85. The number of rotatable bonds is 4. The van der Waals surface area contributed by atoms with Crippen molar-refractivity contribution in [2.24, 2.45) is 0 Å². The Labute approximate surface area is 107 Å². The fourth-order valence-corrected chi connectivity index (χ4v) is 2.21. The Morgan fingerprint density at radius 1 is 1.17 bits per heavy atom. The van der Waals surface area contributed by atoms with Gasteiger partial charge in [-0.2, -0.15) is 0 Å². The van der Waals surface area contributed by atoms with Crippen LogP contribution in [0.15, 0.2) is 42.6 Å². The first-order chi connectivity index (χ1) is 8.86. The van der Waals surface area contributed by atoms with Gasteiger partial charge in [-0.1, -0.05) is 30.3 Å². The lowest BCUT2D eigenvalue weighted by Gasteiger charge is -2.05. The van der Waals surface area contributed by atoms with Crippen molar-refractivity contribution in [1.82, 2.24) is 4.98 Å². The molecule has 1 saturated carbocycles. The maximum absolute atomic E-state index is 7.08. The fraction of sp³-hybridized carbons (Fsp3) is 0.250. The van der Waals surface area contributed by atoms with Gasteiger partial charge in [0.05, 0.1) is 0 Å². The standard InChI is InChI=1S/C16H16N2/c17-9-8-16-7-6-15(11-18-16)14-3-1-2-13(10-14)12-4-5-12/h1-3,6-7,9-12,17H,4-5,8H2. The largest absolute Gasteiger partial charge is 0.313 e. The summed E-state index contributed by atoms with van der Waals surface area (Å²) in [6.45, 7) is 0. The average Bonchev–Trinajstić information content (AvgIpc) is 3.25. The first kappa shape index (κ1) is 11.1. The molecule has 90 valence electrons. The van der Waals surface area contributed by atoms with Gasteiger partial charge in [0, 0.05) is 30.1 Å². The van der Waals surface area contributed by atoms with Crippen LogP contribution in [-0.2, 0) is 6.42 Å². The summed E-state index contributed by atoms with van der Waals surface area (Å²) in [5.41, 5.74) is 4.81. The number of pyridine rings is 1. The number of nitrogens with one attached hydrogen (secondary N) is 1. The molecule has 0 aliphatic heterocycles. The molecular weight excluding hydrogens is 220 g/mol. The molecule has 0 amide bonds. The zero-order valence-corrected chi connectivity index (χ0v) is 10.3. The van der Waals surface area contributed by atoms with Crippen molar-refractivity contribution < 1.29 is 0 Å². The number of aromatic nitrogens is 1. The van der Waals surface area contributed by atoms with Gasteiger partial charge in [-0.25, -0.2) is 0 Å². The number of hydrogen-bond donors (Lipinski definition) is 1. The minimum Gasteiger partial charge on any atom is -0.313 e. The Bertz CT molecular complexity index is 554. The van der Waals surface area contributed by atoms with Crippen LogP contribution in [0.1, 0.15) is 30.0 Å². The molecule has 1 aromatic heterocycles. The summed E-state index contributed by atoms with van der Waals surface area (Å²) in [6, 6.07) is 12.9. The van der Waals surface area contributed by atoms with E-state index in [0.717, 1.165) is 17.2 Å². The van der Waals surface area contributed by atoms with Crippen molar-refractivity contribution in [1.29, 1.82) is 5.41 Å². The van der Waals surface area contributed by atoms with Gasteiger partial charge in [0.2, 0.25) is 0 Å². The number of nitrogens with zero attached hydrogens (tertiary/aromatic N) is 1. The van der Waals surface area contributed by atoms with E-state index in [9.17, 15) is 0 Å². The average molecular weight is 236 g/mol. The molecule has 2 aromatic rings. The third-order valence-corrected chi connectivity index (χ3v) is 3.40. The highest BCUT2D eigenvalue weighted by atomic mass is 14.7. The molecule has 0 radical (unpaired) electrons. The van der Waals surface area contributed by atoms with Crippen LogP contribution >= 0.6 is 0 Å². The molecule has 0 unspecified atom stereocenters. The molecule has 3 rings (SSSR count). The molecular formula is C16H16N2. The number of hydrogen-bond acceptors (Lipinski definition) is 2. The van der Waals surface area contributed by atoms with Crippen LogP contribution < -0.4 is 0 Å². The lowest BCUT2D eigenvalue weighted by atomic mass is 10.0. The minimum absolute atomic E-state index is 0.613. The third-order valence-electron chi connectivity index (χ3n) is 3.40. The fourth-order valence-electron chi connectivity index (χ4n) is 2.21. The van der Waals surface area contributed by atoms with Gasteiger partial charge < -0.3 is 5.41 Å². The molecule has 2 heteroatoms. The van der Waals surface area contributed by atoms with Crippen molar-refractivity contribution in [2.75, 3.05) is 0 Å². The Kier molecular flexibility index (Phi) is 2.93. The Hall–Kier alpha value is -1.96. The van der Waals surface area contributed by atoms with Crippen LogP contribution in [0.25, 0.3) is 11.1 Å². The third kappa shape index (κ3) is 2.33. The molecule has 1 aliphatic carbocycles. The van der Waals surface area contributed by atoms with Crippen LogP contribution in [0.5, 0.6) is 0 Å². The van der Waals surface area contributed by atoms with Gasteiger partial charge in [-0.15, -0.1) is 0 Å². The summed E-state index contributed by atoms with van der Waals surface area (Å²) in [7, 11) is 0. The van der Waals surface area contributed by atoms with E-state index in [0.29, 0.717) is 6.42 Å². The van der Waals surface area contributed by atoms with E-state index < -0.39 is 0 Å². The van der Waals surface area contributed by atoms with E-state index in [1.54, 1.807) is 0 Å². The van der Waals surface area contributed by atoms with E-state index in [4.69, 9.17) is 5.41 Å². The molecule has 1 N–H and O–H groups in total. The van der Waals surface area contributed by atoms with Crippen molar-refractivity contribution in [3.8, 4) is 11.1 Å². The normalized spacial score (nSPS) is 14.4. The highest BCUT2D eigenvalue weighted by Gasteiger charge is 2.23. The monoisotopic (exact) mass is 236 g/mol. The predicted octanol–water partition coefficient (Wildman–Crippen LogP) is 3.82. The molecule has 1 fully saturated rings. The summed E-state index contributed by atoms with van der Waals surface area (Å²) in [5.74, 6) is 0.787. The van der Waals surface area contributed by atoms with Crippen LogP contribution in [-0.4, -0.2) is 11.2 Å². The smallest absolute Gasteiger partial charge is 0.0457 e. The predicted molar refractivity (Wildman–Crippen MR) is 74.1 cm³/mol. The van der Waals surface area contributed by atoms with Crippen LogP contribution in [0.4, 0.5) is 0 Å². The minimum atomic E-state index is 0.613. The summed E-state index contributed by atoms with van der Waals surface area (Å²) in [4.78, 5) is 4.38. The van der Waals surface area contributed by atoms with Crippen molar-refractivity contribution in [3.63, 3.8) is 0 Å². The molecule has 0 spiro atoms. The Morgan fingerprint density at radius 3 is 2.72 bits per heavy atom. The summed E-state index contributed by atoms with van der Waals surface area (Å²) in [6.07, 6.45) is 6.57. The zero-order chi connectivity index (χ0) is 12.4. The van der Waals surface area contributed by atoms with E-state index in [2.05, 4.69) is 35.3 Å². The van der Waals surface area contributed by atoms with Gasteiger partial charge in [0.15, 0.2) is 0 Å². The van der Waals surface area contributed by atoms with Gasteiger partial charge in [-0.05, 0) is 36.0 Å². The quantitative estimate of drug-likeness (QED) is 0.805. The lowest BCUT2D eigenvalue weighted by Crippen LogP contribution is -1.90. The van der Waals surface area contributed by atoms with Gasteiger partial charge >= 0.3 is 0 Å². The molecule has 18 heavy (non-hydrogen) atoms. The zero-order valence-electron chi connectivity index (χ0n) is 10.3. The highest BCUT2D eigenvalue weighted by molar-refractivity contribution is 5.64. The van der Waals surface area contributed by atoms with E-state index in [1.165, 1.54) is 30.2 Å². The molecule has 0 atom stereocenters. The maximum atomic E-state index is 7.08. The molecule has 1 heterocycles. The van der Waals surface area contributed by atoms with Crippen LogP contribution in [0.2, 0.25) is 0 Å². The van der Waals surface area contributed by atoms with E-state index in [-0.39, 0.29) is 0 Å².